The van der Waals surface area contributed by atoms with E-state index < -0.39 is 0 Å². The molecule has 2 rings (SSSR count). The summed E-state index contributed by atoms with van der Waals surface area (Å²) in [4.78, 5) is 11.1. The summed E-state index contributed by atoms with van der Waals surface area (Å²) in [7, 11) is 2.10. The molecule has 0 radical (unpaired) electrons. The molecular weight excluding hydrogens is 326 g/mol. The van der Waals surface area contributed by atoms with Crippen LogP contribution in [0.3, 0.4) is 0 Å². The highest BCUT2D eigenvalue weighted by molar-refractivity contribution is 6.99. The fourth-order valence-electron chi connectivity index (χ4n) is 2.80. The van der Waals surface area contributed by atoms with E-state index in [0.29, 0.717) is 23.7 Å². The van der Waals surface area contributed by atoms with Gasteiger partial charge in [0.15, 0.2) is 0 Å². The van der Waals surface area contributed by atoms with Crippen LogP contribution in [0.25, 0.3) is 5.57 Å². The lowest BCUT2D eigenvalue weighted by Gasteiger charge is -2.36. The molecule has 0 N–H and O–H groups in total. The number of ether oxygens (including phenoxy) is 2. The first-order valence-electron chi connectivity index (χ1n) is 8.66. The number of nitrogens with zero attached hydrogens (tertiary/aromatic N) is 3. The van der Waals surface area contributed by atoms with Gasteiger partial charge in [-0.3, -0.25) is 9.28 Å². The molecule has 1 aliphatic rings. The van der Waals surface area contributed by atoms with Gasteiger partial charge in [-0.05, 0) is 6.42 Å². The van der Waals surface area contributed by atoms with Crippen LogP contribution < -0.4 is 4.74 Å². The Kier molecular flexibility index (Phi) is 7.17. The third-order valence-corrected chi connectivity index (χ3v) is 4.70. The average molecular weight is 354 g/mol. The van der Waals surface area contributed by atoms with E-state index in [4.69, 9.17) is 9.47 Å². The van der Waals surface area contributed by atoms with E-state index in [-0.39, 0.29) is 5.97 Å². The molecule has 6 nitrogen and oxygen atoms in total. The molecule has 1 unspecified atom stereocenters. The van der Waals surface area contributed by atoms with Crippen molar-refractivity contribution in [3.8, 4) is 5.88 Å². The Labute approximate surface area is 148 Å². The third-order valence-electron chi connectivity index (χ3n) is 4.19. The summed E-state index contributed by atoms with van der Waals surface area (Å²) < 4.78 is 20.5. The summed E-state index contributed by atoms with van der Waals surface area (Å²) in [5.41, 5.74) is 1.98. The Bertz CT molecular complexity index is 573. The van der Waals surface area contributed by atoms with Gasteiger partial charge in [0.1, 0.15) is 12.2 Å². The maximum Gasteiger partial charge on any atom is 0.306 e. The van der Waals surface area contributed by atoms with Crippen LogP contribution in [0.15, 0.2) is 6.08 Å². The molecule has 1 aliphatic heterocycles. The highest BCUT2D eigenvalue weighted by Crippen LogP contribution is 2.29. The molecule has 0 amide bonds. The quantitative estimate of drug-likeness (QED) is 0.387. The van der Waals surface area contributed by atoms with Gasteiger partial charge in [0.2, 0.25) is 6.73 Å². The molecule has 0 saturated heterocycles. The normalized spacial score (nSPS) is 20.5. The number of unbranched alkanes of at least 4 members (excludes halogenated alkanes) is 3. The third kappa shape index (κ3) is 5.56. The first kappa shape index (κ1) is 18.9. The van der Waals surface area contributed by atoms with Gasteiger partial charge in [-0.15, -0.1) is 4.37 Å². The van der Waals surface area contributed by atoms with E-state index in [1.165, 1.54) is 37.9 Å². The average Bonchev–Trinajstić information content (AvgIpc) is 3.01. The fraction of sp³-hybridized carbons (Fsp3) is 0.706. The van der Waals surface area contributed by atoms with E-state index in [9.17, 15) is 4.79 Å². The number of aromatic nitrogens is 2. The van der Waals surface area contributed by atoms with Crippen molar-refractivity contribution in [1.82, 2.24) is 8.75 Å². The summed E-state index contributed by atoms with van der Waals surface area (Å²) >= 11 is 1.19. The Morgan fingerprint density at radius 3 is 2.92 bits per heavy atom. The molecule has 1 atom stereocenters. The van der Waals surface area contributed by atoms with Gasteiger partial charge in [0.05, 0.1) is 31.9 Å². The fourth-order valence-corrected chi connectivity index (χ4v) is 3.33. The number of carbonyl (C=O) groups excluding carboxylic acids is 1. The molecule has 0 aliphatic carbocycles. The van der Waals surface area contributed by atoms with Crippen molar-refractivity contribution in [3.05, 3.63) is 11.8 Å². The summed E-state index contributed by atoms with van der Waals surface area (Å²) in [5.74, 6) is 0.403. The van der Waals surface area contributed by atoms with E-state index in [0.717, 1.165) is 37.2 Å². The van der Waals surface area contributed by atoms with Crippen molar-refractivity contribution in [1.29, 1.82) is 0 Å². The largest absolute Gasteiger partial charge is 0.475 e. The van der Waals surface area contributed by atoms with Gasteiger partial charge in [-0.2, -0.15) is 4.37 Å². The minimum atomic E-state index is -0.239. The van der Waals surface area contributed by atoms with E-state index in [2.05, 4.69) is 28.8 Å². The Morgan fingerprint density at radius 1 is 1.33 bits per heavy atom. The second-order valence-electron chi connectivity index (χ2n) is 6.61. The predicted molar refractivity (Wildman–Crippen MR) is 94.7 cm³/mol. The summed E-state index contributed by atoms with van der Waals surface area (Å²) in [6.07, 6.45) is 7.82. The van der Waals surface area contributed by atoms with E-state index in [1.54, 1.807) is 0 Å². The van der Waals surface area contributed by atoms with E-state index >= 15 is 0 Å². The summed E-state index contributed by atoms with van der Waals surface area (Å²) in [6, 6.07) is 0. The van der Waals surface area contributed by atoms with Crippen LogP contribution in [0.5, 0.6) is 5.88 Å². The van der Waals surface area contributed by atoms with Crippen molar-refractivity contribution in [2.45, 2.75) is 46.0 Å². The van der Waals surface area contributed by atoms with Crippen molar-refractivity contribution < 1.29 is 18.8 Å². The summed E-state index contributed by atoms with van der Waals surface area (Å²) in [6.45, 7) is 6.43. The molecule has 134 valence electrons. The Balaban J connectivity index is 1.95. The van der Waals surface area contributed by atoms with E-state index in [1.807, 2.05) is 0 Å². The Morgan fingerprint density at radius 2 is 2.17 bits per heavy atom. The zero-order chi connectivity index (χ0) is 17.4. The van der Waals surface area contributed by atoms with Gasteiger partial charge in [-0.25, -0.2) is 0 Å². The second kappa shape index (κ2) is 9.13. The highest BCUT2D eigenvalue weighted by atomic mass is 32.1. The van der Waals surface area contributed by atoms with Gasteiger partial charge >= 0.3 is 5.97 Å². The molecule has 0 spiro atoms. The van der Waals surface area contributed by atoms with Crippen LogP contribution in [-0.4, -0.2) is 52.7 Å². The number of esters is 1. The van der Waals surface area contributed by atoms with Gasteiger partial charge < -0.3 is 9.47 Å². The minimum absolute atomic E-state index is 0.239. The number of likely N-dealkylation sites (N-methyl/N-ethyl adjacent to an activating group) is 1. The molecular formula is C17H28N3O3S+. The van der Waals surface area contributed by atoms with Crippen LogP contribution in [0.4, 0.5) is 0 Å². The maximum absolute atomic E-state index is 11.1. The van der Waals surface area contributed by atoms with Gasteiger partial charge in [0.25, 0.3) is 5.88 Å². The molecule has 0 bridgehead atoms. The molecule has 0 saturated carbocycles. The number of hydrogen-bond donors (Lipinski definition) is 0. The van der Waals surface area contributed by atoms with Crippen LogP contribution in [0, 0.1) is 0 Å². The Hall–Kier alpha value is -1.47. The van der Waals surface area contributed by atoms with Crippen molar-refractivity contribution >= 4 is 23.3 Å². The molecule has 7 heteroatoms. The molecule has 24 heavy (non-hydrogen) atoms. The van der Waals surface area contributed by atoms with Crippen LogP contribution in [0.2, 0.25) is 0 Å². The van der Waals surface area contributed by atoms with Crippen LogP contribution in [0.1, 0.15) is 51.6 Å². The molecule has 2 heterocycles. The van der Waals surface area contributed by atoms with Gasteiger partial charge in [0, 0.05) is 18.9 Å². The topological polar surface area (TPSA) is 61.3 Å². The summed E-state index contributed by atoms with van der Waals surface area (Å²) in [5, 5.41) is 0. The lowest BCUT2D eigenvalue weighted by molar-refractivity contribution is -0.919. The van der Waals surface area contributed by atoms with Crippen molar-refractivity contribution in [2.75, 3.05) is 33.5 Å². The van der Waals surface area contributed by atoms with Crippen molar-refractivity contribution in [2.24, 2.45) is 0 Å². The van der Waals surface area contributed by atoms with Gasteiger partial charge in [-0.1, -0.05) is 32.3 Å². The van der Waals surface area contributed by atoms with Crippen molar-refractivity contribution in [3.63, 3.8) is 0 Å². The zero-order valence-electron chi connectivity index (χ0n) is 14.9. The molecule has 1 aromatic rings. The first-order chi connectivity index (χ1) is 11.5. The standard InChI is InChI=1S/C17H28N3O3S/c1-4-5-6-7-11-22-17-16(18-24-19-17)15-9-8-10-20(3,12-15)13-23-14(2)21/h9H,4-8,10-13H2,1-3H3/q+1. The SMILES string of the molecule is CCCCCCOc1nsnc1C1=CCC[N+](C)(COC(C)=O)C1. The lowest BCUT2D eigenvalue weighted by atomic mass is 10.1. The number of carbonyl (C=O) groups is 1. The minimum Gasteiger partial charge on any atom is -0.475 e. The number of rotatable bonds is 9. The molecule has 0 fully saturated rings. The smallest absolute Gasteiger partial charge is 0.306 e. The second-order valence-corrected chi connectivity index (χ2v) is 7.14. The highest BCUT2D eigenvalue weighted by Gasteiger charge is 2.30. The van der Waals surface area contributed by atoms with Crippen LogP contribution >= 0.6 is 11.7 Å². The molecule has 1 aromatic heterocycles. The zero-order valence-corrected chi connectivity index (χ0v) is 15.7. The molecule has 0 aromatic carbocycles. The monoisotopic (exact) mass is 354 g/mol. The maximum atomic E-state index is 11.1. The lowest BCUT2D eigenvalue weighted by Crippen LogP contribution is -2.49. The number of quaternary nitrogens is 1. The number of hydrogen-bond acceptors (Lipinski definition) is 6. The first-order valence-corrected chi connectivity index (χ1v) is 9.39. The van der Waals surface area contributed by atoms with Crippen LogP contribution in [-0.2, 0) is 9.53 Å². The predicted octanol–water partition coefficient (Wildman–Crippen LogP) is 3.25.